The van der Waals surface area contributed by atoms with Crippen molar-refractivity contribution >= 4 is 35.3 Å². The predicted octanol–water partition coefficient (Wildman–Crippen LogP) is 1.54. The van der Waals surface area contributed by atoms with Crippen LogP contribution in [-0.4, -0.2) is 42.5 Å². The van der Waals surface area contributed by atoms with E-state index >= 15 is 0 Å². The number of urea groups is 2. The van der Waals surface area contributed by atoms with Crippen LogP contribution in [0.5, 0.6) is 0 Å². The van der Waals surface area contributed by atoms with E-state index in [4.69, 9.17) is 0 Å². The van der Waals surface area contributed by atoms with Crippen molar-refractivity contribution in [2.75, 3.05) is 23.3 Å². The normalized spacial score (nSPS) is 22.1. The van der Waals surface area contributed by atoms with E-state index in [-0.39, 0.29) is 17.8 Å². The Hall–Kier alpha value is -3.88. The zero-order valence-corrected chi connectivity index (χ0v) is 16.7. The highest BCUT2D eigenvalue weighted by Crippen LogP contribution is 2.32. The van der Waals surface area contributed by atoms with Crippen LogP contribution in [0.25, 0.3) is 0 Å². The third-order valence-electron chi connectivity index (χ3n) is 6.07. The molecule has 0 aromatic heterocycles. The molecule has 1 atom stereocenters. The number of hydrogen-bond donors (Lipinski definition) is 4. The molecule has 1 aliphatic carbocycles. The number of carbonyl (C=O) groups is 4. The van der Waals surface area contributed by atoms with Gasteiger partial charge in [0.1, 0.15) is 5.54 Å². The lowest BCUT2D eigenvalue weighted by atomic mass is 9.77. The zero-order chi connectivity index (χ0) is 21.6. The summed E-state index contributed by atoms with van der Waals surface area (Å²) in [6.07, 6.45) is 1.48. The molecule has 1 spiro atoms. The third-order valence-corrected chi connectivity index (χ3v) is 6.07. The fraction of sp³-hybridized carbons (Fsp3) is 0.273. The minimum absolute atomic E-state index is 0.150. The molecule has 2 aromatic carbocycles. The van der Waals surface area contributed by atoms with Crippen LogP contribution >= 0.6 is 0 Å². The van der Waals surface area contributed by atoms with Gasteiger partial charge in [0.25, 0.3) is 11.8 Å². The Kier molecular flexibility index (Phi) is 4.39. The summed E-state index contributed by atoms with van der Waals surface area (Å²) in [7, 11) is 0. The minimum atomic E-state index is -0.893. The average Bonchev–Trinajstić information content (AvgIpc) is 3.30. The second-order valence-electron chi connectivity index (χ2n) is 8.04. The van der Waals surface area contributed by atoms with Gasteiger partial charge in [0.2, 0.25) is 0 Å². The summed E-state index contributed by atoms with van der Waals surface area (Å²) in [6.45, 7) is 1.18. The monoisotopic (exact) mass is 419 g/mol. The summed E-state index contributed by atoms with van der Waals surface area (Å²) in [5, 5.41) is 10.7. The number of amides is 6. The van der Waals surface area contributed by atoms with Crippen molar-refractivity contribution in [3.8, 4) is 0 Å². The summed E-state index contributed by atoms with van der Waals surface area (Å²) < 4.78 is 0. The van der Waals surface area contributed by atoms with Gasteiger partial charge in [0.05, 0.1) is 0 Å². The van der Waals surface area contributed by atoms with Gasteiger partial charge in [-0.15, -0.1) is 0 Å². The minimum Gasteiger partial charge on any atom is -0.336 e. The second kappa shape index (κ2) is 7.12. The number of aryl methyl sites for hydroxylation is 1. The first-order valence-corrected chi connectivity index (χ1v) is 10.2. The highest BCUT2D eigenvalue weighted by molar-refractivity contribution is 6.07. The van der Waals surface area contributed by atoms with E-state index in [2.05, 4.69) is 21.3 Å². The van der Waals surface area contributed by atoms with Crippen molar-refractivity contribution in [3.63, 3.8) is 0 Å². The molecule has 9 heteroatoms. The van der Waals surface area contributed by atoms with Crippen LogP contribution in [0.4, 0.5) is 21.0 Å². The number of benzene rings is 2. The summed E-state index contributed by atoms with van der Waals surface area (Å²) in [5.74, 6) is -0.547. The van der Waals surface area contributed by atoms with Gasteiger partial charge in [-0.2, -0.15) is 0 Å². The Morgan fingerprint density at radius 1 is 1.06 bits per heavy atom. The van der Waals surface area contributed by atoms with Gasteiger partial charge in [-0.05, 0) is 54.3 Å². The number of anilines is 2. The Balaban J connectivity index is 1.32. The largest absolute Gasteiger partial charge is 0.336 e. The summed E-state index contributed by atoms with van der Waals surface area (Å²) >= 11 is 0. The molecule has 2 aromatic rings. The van der Waals surface area contributed by atoms with Crippen molar-refractivity contribution in [2.24, 2.45) is 0 Å². The molecular formula is C22H21N5O4. The fourth-order valence-electron chi connectivity index (χ4n) is 4.44. The molecule has 5 rings (SSSR count). The molecule has 31 heavy (non-hydrogen) atoms. The number of fused-ring (bicyclic) bond motifs is 1. The molecule has 3 aliphatic rings. The third kappa shape index (κ3) is 3.37. The summed E-state index contributed by atoms with van der Waals surface area (Å²) in [4.78, 5) is 50.1. The van der Waals surface area contributed by atoms with Crippen LogP contribution in [0, 0.1) is 0 Å². The van der Waals surface area contributed by atoms with E-state index in [1.165, 1.54) is 0 Å². The van der Waals surface area contributed by atoms with Gasteiger partial charge in [0.15, 0.2) is 0 Å². The highest BCUT2D eigenvalue weighted by Gasteiger charge is 2.47. The van der Waals surface area contributed by atoms with E-state index in [0.29, 0.717) is 43.6 Å². The van der Waals surface area contributed by atoms with Crippen LogP contribution in [0.15, 0.2) is 42.5 Å². The quantitative estimate of drug-likeness (QED) is 0.564. The van der Waals surface area contributed by atoms with Gasteiger partial charge in [-0.1, -0.05) is 12.1 Å². The number of nitrogens with zero attached hydrogens (tertiary/aromatic N) is 1. The Morgan fingerprint density at radius 3 is 2.68 bits per heavy atom. The molecule has 2 heterocycles. The second-order valence-corrected chi connectivity index (χ2v) is 8.04. The lowest BCUT2D eigenvalue weighted by Gasteiger charge is -2.32. The van der Waals surface area contributed by atoms with Crippen molar-refractivity contribution in [2.45, 2.75) is 24.8 Å². The standard InChI is InChI=1S/C22H21N5O4/c28-18(24-16-2-1-3-17(11-16)27-9-8-23-21(27)31)14-4-5-15-12-22(7-6-13(15)10-14)19(29)25-20(30)26-22/h1-5,10-11H,6-9,12H2,(H,23,31)(H,24,28)(H2,25,26,29,30). The van der Waals surface area contributed by atoms with Gasteiger partial charge in [-0.3, -0.25) is 19.8 Å². The van der Waals surface area contributed by atoms with Crippen LogP contribution in [0.3, 0.4) is 0 Å². The van der Waals surface area contributed by atoms with Crippen LogP contribution in [0.1, 0.15) is 27.9 Å². The van der Waals surface area contributed by atoms with Gasteiger partial charge >= 0.3 is 12.1 Å². The van der Waals surface area contributed by atoms with Crippen molar-refractivity contribution in [1.29, 1.82) is 0 Å². The molecule has 6 amide bonds. The lowest BCUT2D eigenvalue weighted by Crippen LogP contribution is -2.51. The van der Waals surface area contributed by atoms with Crippen molar-refractivity contribution < 1.29 is 19.2 Å². The molecule has 9 nitrogen and oxygen atoms in total. The number of hydrogen-bond acceptors (Lipinski definition) is 4. The van der Waals surface area contributed by atoms with Crippen molar-refractivity contribution in [3.05, 3.63) is 59.2 Å². The molecule has 2 fully saturated rings. The Bertz CT molecular complexity index is 1130. The number of nitrogens with one attached hydrogen (secondary N) is 4. The smallest absolute Gasteiger partial charge is 0.322 e. The predicted molar refractivity (Wildman–Crippen MR) is 113 cm³/mol. The summed E-state index contributed by atoms with van der Waals surface area (Å²) in [6, 6.07) is 12.0. The zero-order valence-electron chi connectivity index (χ0n) is 16.7. The number of imide groups is 1. The van der Waals surface area contributed by atoms with Crippen LogP contribution in [-0.2, 0) is 17.6 Å². The molecule has 2 aliphatic heterocycles. The maximum atomic E-state index is 12.8. The Labute approximate surface area is 178 Å². The number of rotatable bonds is 3. The first-order valence-electron chi connectivity index (χ1n) is 10.2. The van der Waals surface area contributed by atoms with E-state index < -0.39 is 11.6 Å². The molecule has 4 N–H and O–H groups in total. The fourth-order valence-corrected chi connectivity index (χ4v) is 4.44. The SMILES string of the molecule is O=C1NC(=O)C2(CCc3cc(C(=O)Nc4cccc(N5CCNC5=O)c4)ccc3C2)N1. The lowest BCUT2D eigenvalue weighted by molar-refractivity contribution is -0.124. The average molecular weight is 419 g/mol. The molecule has 0 saturated carbocycles. The van der Waals surface area contributed by atoms with Gasteiger partial charge in [-0.25, -0.2) is 9.59 Å². The highest BCUT2D eigenvalue weighted by atomic mass is 16.2. The molecule has 0 radical (unpaired) electrons. The van der Waals surface area contributed by atoms with E-state index in [1.807, 2.05) is 18.2 Å². The molecule has 1 unspecified atom stereocenters. The molecule has 2 saturated heterocycles. The van der Waals surface area contributed by atoms with Crippen LogP contribution in [0.2, 0.25) is 0 Å². The van der Waals surface area contributed by atoms with E-state index in [9.17, 15) is 19.2 Å². The molecular weight excluding hydrogens is 398 g/mol. The topological polar surface area (TPSA) is 120 Å². The number of carbonyl (C=O) groups excluding carboxylic acids is 4. The first kappa shape index (κ1) is 19.1. The maximum Gasteiger partial charge on any atom is 0.322 e. The first-order chi connectivity index (χ1) is 14.9. The molecule has 158 valence electrons. The van der Waals surface area contributed by atoms with Gasteiger partial charge in [0, 0.05) is 36.4 Å². The van der Waals surface area contributed by atoms with Crippen molar-refractivity contribution in [1.82, 2.24) is 16.0 Å². The maximum absolute atomic E-state index is 12.8. The van der Waals surface area contributed by atoms with Crippen LogP contribution < -0.4 is 26.2 Å². The van der Waals surface area contributed by atoms with E-state index in [1.54, 1.807) is 29.2 Å². The van der Waals surface area contributed by atoms with E-state index in [0.717, 1.165) is 16.8 Å². The Morgan fingerprint density at radius 2 is 1.94 bits per heavy atom. The molecule has 0 bridgehead atoms. The summed E-state index contributed by atoms with van der Waals surface area (Å²) in [5.41, 5.74) is 2.89. The van der Waals surface area contributed by atoms with Gasteiger partial charge < -0.3 is 16.0 Å².